The SMILES string of the molecule is C/C=C(\F)c1cnc(OC)cn1. The van der Waals surface area contributed by atoms with Crippen molar-refractivity contribution in [3.63, 3.8) is 0 Å². The van der Waals surface area contributed by atoms with E-state index in [4.69, 9.17) is 4.74 Å². The zero-order valence-electron chi connectivity index (χ0n) is 6.91. The highest BCUT2D eigenvalue weighted by Crippen LogP contribution is 2.12. The number of hydrogen-bond acceptors (Lipinski definition) is 3. The highest BCUT2D eigenvalue weighted by atomic mass is 19.1. The normalized spacial score (nSPS) is 11.4. The van der Waals surface area contributed by atoms with Crippen LogP contribution in [0.1, 0.15) is 12.6 Å². The molecule has 0 bridgehead atoms. The molecule has 0 atom stereocenters. The van der Waals surface area contributed by atoms with Crippen molar-refractivity contribution in [3.05, 3.63) is 24.2 Å². The molecule has 1 aromatic heterocycles. The molecule has 0 aliphatic carbocycles. The number of methoxy groups -OCH3 is 1. The van der Waals surface area contributed by atoms with Crippen LogP contribution in [0.15, 0.2) is 18.5 Å². The summed E-state index contributed by atoms with van der Waals surface area (Å²) >= 11 is 0. The van der Waals surface area contributed by atoms with Crippen molar-refractivity contribution in [2.45, 2.75) is 6.92 Å². The van der Waals surface area contributed by atoms with Gasteiger partial charge in [-0.3, -0.25) is 0 Å². The van der Waals surface area contributed by atoms with Gasteiger partial charge in [0.15, 0.2) is 0 Å². The Bertz CT molecular complexity index is 282. The lowest BCUT2D eigenvalue weighted by atomic mass is 10.4. The van der Waals surface area contributed by atoms with Gasteiger partial charge in [0.25, 0.3) is 0 Å². The molecule has 0 saturated carbocycles. The van der Waals surface area contributed by atoms with Crippen LogP contribution >= 0.6 is 0 Å². The number of allylic oxidation sites excluding steroid dienone is 1. The summed E-state index contributed by atoms with van der Waals surface area (Å²) in [7, 11) is 1.48. The zero-order valence-corrected chi connectivity index (χ0v) is 6.91. The van der Waals surface area contributed by atoms with Crippen molar-refractivity contribution < 1.29 is 9.13 Å². The third-order valence-corrected chi connectivity index (χ3v) is 1.34. The second-order valence-corrected chi connectivity index (χ2v) is 2.08. The lowest BCUT2D eigenvalue weighted by Gasteiger charge is -1.98. The minimum atomic E-state index is -0.384. The van der Waals surface area contributed by atoms with Crippen LogP contribution in [0.3, 0.4) is 0 Å². The van der Waals surface area contributed by atoms with Crippen molar-refractivity contribution in [1.29, 1.82) is 0 Å². The monoisotopic (exact) mass is 168 g/mol. The van der Waals surface area contributed by atoms with Crippen molar-refractivity contribution in [3.8, 4) is 5.88 Å². The third-order valence-electron chi connectivity index (χ3n) is 1.34. The zero-order chi connectivity index (χ0) is 8.97. The fourth-order valence-electron chi connectivity index (χ4n) is 0.693. The van der Waals surface area contributed by atoms with E-state index in [0.717, 1.165) is 0 Å². The molecule has 3 nitrogen and oxygen atoms in total. The Morgan fingerprint density at radius 3 is 2.67 bits per heavy atom. The minimum Gasteiger partial charge on any atom is -0.480 e. The molecule has 0 aliphatic rings. The molecule has 0 amide bonds. The summed E-state index contributed by atoms with van der Waals surface area (Å²) in [6.45, 7) is 1.60. The van der Waals surface area contributed by atoms with Crippen molar-refractivity contribution in [1.82, 2.24) is 9.97 Å². The molecule has 1 rings (SSSR count). The molecule has 1 aromatic rings. The first-order chi connectivity index (χ1) is 5.77. The molecular weight excluding hydrogens is 159 g/mol. The van der Waals surface area contributed by atoms with Gasteiger partial charge < -0.3 is 4.74 Å². The first-order valence-corrected chi connectivity index (χ1v) is 3.46. The largest absolute Gasteiger partial charge is 0.480 e. The molecule has 0 saturated heterocycles. The highest BCUT2D eigenvalue weighted by molar-refractivity contribution is 5.53. The topological polar surface area (TPSA) is 35.0 Å². The molecule has 0 radical (unpaired) electrons. The standard InChI is InChI=1S/C8H9FN2O/c1-3-6(9)7-4-11-8(12-2)5-10-7/h3-5H,1-2H3/b6-3-. The number of hydrogen-bond donors (Lipinski definition) is 0. The Hall–Kier alpha value is -1.45. The predicted molar refractivity (Wildman–Crippen MR) is 43.3 cm³/mol. The quantitative estimate of drug-likeness (QED) is 0.675. The van der Waals surface area contributed by atoms with E-state index in [-0.39, 0.29) is 11.5 Å². The van der Waals surface area contributed by atoms with E-state index >= 15 is 0 Å². The summed E-state index contributed by atoms with van der Waals surface area (Å²) in [5.41, 5.74) is 0.221. The van der Waals surface area contributed by atoms with Crippen LogP contribution in [0.5, 0.6) is 5.88 Å². The van der Waals surface area contributed by atoms with Crippen LogP contribution in [-0.4, -0.2) is 17.1 Å². The van der Waals surface area contributed by atoms with Crippen molar-refractivity contribution in [2.24, 2.45) is 0 Å². The Morgan fingerprint density at radius 2 is 2.25 bits per heavy atom. The molecule has 4 heteroatoms. The van der Waals surface area contributed by atoms with Crippen LogP contribution in [0.2, 0.25) is 0 Å². The van der Waals surface area contributed by atoms with Crippen LogP contribution in [-0.2, 0) is 0 Å². The summed E-state index contributed by atoms with van der Waals surface area (Å²) < 4.78 is 17.6. The third kappa shape index (κ3) is 1.78. The van der Waals surface area contributed by atoms with Gasteiger partial charge in [-0.25, -0.2) is 14.4 Å². The van der Waals surface area contributed by atoms with Gasteiger partial charge in [-0.2, -0.15) is 0 Å². The Balaban J connectivity index is 2.92. The fraction of sp³-hybridized carbons (Fsp3) is 0.250. The van der Waals surface area contributed by atoms with Gasteiger partial charge >= 0.3 is 0 Å². The summed E-state index contributed by atoms with van der Waals surface area (Å²) in [6, 6.07) is 0. The van der Waals surface area contributed by atoms with E-state index in [9.17, 15) is 4.39 Å². The number of nitrogens with zero attached hydrogens (tertiary/aromatic N) is 2. The molecule has 0 N–H and O–H groups in total. The van der Waals surface area contributed by atoms with Gasteiger partial charge in [0.1, 0.15) is 11.5 Å². The summed E-state index contributed by atoms with van der Waals surface area (Å²) in [4.78, 5) is 7.59. The second kappa shape index (κ2) is 3.80. The van der Waals surface area contributed by atoms with Gasteiger partial charge in [0.05, 0.1) is 19.5 Å². The van der Waals surface area contributed by atoms with E-state index in [1.807, 2.05) is 0 Å². The molecule has 0 spiro atoms. The molecular formula is C8H9FN2O. The van der Waals surface area contributed by atoms with E-state index in [1.165, 1.54) is 25.6 Å². The van der Waals surface area contributed by atoms with E-state index < -0.39 is 0 Å². The Morgan fingerprint density at radius 1 is 1.50 bits per heavy atom. The number of aromatic nitrogens is 2. The predicted octanol–water partition coefficient (Wildman–Crippen LogP) is 1.82. The fourth-order valence-corrected chi connectivity index (χ4v) is 0.693. The number of ether oxygens (including phenoxy) is 1. The van der Waals surface area contributed by atoms with Crippen molar-refractivity contribution >= 4 is 5.83 Å². The summed E-state index contributed by atoms with van der Waals surface area (Å²) in [5.74, 6) is -0.00666. The molecule has 12 heavy (non-hydrogen) atoms. The molecule has 64 valence electrons. The first-order valence-electron chi connectivity index (χ1n) is 3.46. The first kappa shape index (κ1) is 8.64. The number of rotatable bonds is 2. The summed E-state index contributed by atoms with van der Waals surface area (Å²) in [6.07, 6.45) is 4.03. The van der Waals surface area contributed by atoms with E-state index in [2.05, 4.69) is 9.97 Å². The van der Waals surface area contributed by atoms with Gasteiger partial charge in [0, 0.05) is 0 Å². The second-order valence-electron chi connectivity index (χ2n) is 2.08. The van der Waals surface area contributed by atoms with Crippen LogP contribution in [0.25, 0.3) is 5.83 Å². The smallest absolute Gasteiger partial charge is 0.232 e. The highest BCUT2D eigenvalue weighted by Gasteiger charge is 2.00. The molecule has 0 aromatic carbocycles. The maximum absolute atomic E-state index is 12.8. The Labute approximate surface area is 69.9 Å². The van der Waals surface area contributed by atoms with Gasteiger partial charge in [0.2, 0.25) is 5.88 Å². The van der Waals surface area contributed by atoms with Gasteiger partial charge in [-0.15, -0.1) is 0 Å². The minimum absolute atomic E-state index is 0.221. The Kier molecular flexibility index (Phi) is 2.74. The van der Waals surface area contributed by atoms with E-state index in [1.54, 1.807) is 6.92 Å². The maximum Gasteiger partial charge on any atom is 0.232 e. The lowest BCUT2D eigenvalue weighted by molar-refractivity contribution is 0.395. The maximum atomic E-state index is 12.8. The average molecular weight is 168 g/mol. The van der Waals surface area contributed by atoms with E-state index in [0.29, 0.717) is 5.88 Å². The van der Waals surface area contributed by atoms with Gasteiger partial charge in [-0.05, 0) is 13.0 Å². The number of halogens is 1. The van der Waals surface area contributed by atoms with Crippen molar-refractivity contribution in [2.75, 3.05) is 7.11 Å². The molecule has 0 fully saturated rings. The molecule has 0 unspecified atom stereocenters. The van der Waals surface area contributed by atoms with Crippen LogP contribution in [0.4, 0.5) is 4.39 Å². The molecule has 1 heterocycles. The lowest BCUT2D eigenvalue weighted by Crippen LogP contribution is -1.91. The van der Waals surface area contributed by atoms with Gasteiger partial charge in [-0.1, -0.05) is 0 Å². The van der Waals surface area contributed by atoms with Crippen LogP contribution in [0, 0.1) is 0 Å². The summed E-state index contributed by atoms with van der Waals surface area (Å²) in [5, 5.41) is 0. The molecule has 0 aliphatic heterocycles. The van der Waals surface area contributed by atoms with Crippen LogP contribution < -0.4 is 4.74 Å². The average Bonchev–Trinajstić information content (AvgIpc) is 2.17.